The maximum Gasteiger partial charge on any atom is 0.0873 e. The third kappa shape index (κ3) is 11.5. The van der Waals surface area contributed by atoms with Crippen LogP contribution in [-0.4, -0.2) is 13.2 Å². The Labute approximate surface area is 82.2 Å². The highest BCUT2D eigenvalue weighted by atomic mass is 16.5. The quantitative estimate of drug-likeness (QED) is 0.419. The van der Waals surface area contributed by atoms with Gasteiger partial charge in [-0.3, -0.25) is 0 Å². The normalized spacial score (nSPS) is 9.92. The van der Waals surface area contributed by atoms with Crippen molar-refractivity contribution >= 4 is 0 Å². The summed E-state index contributed by atoms with van der Waals surface area (Å²) in [7, 11) is 0. The molecule has 0 aliphatic carbocycles. The molecule has 0 aromatic carbocycles. The lowest BCUT2D eigenvalue weighted by Crippen LogP contribution is -1.97. The Kier molecular flexibility index (Phi) is 11.1. The molecule has 2 heteroatoms. The molecule has 0 aromatic heterocycles. The van der Waals surface area contributed by atoms with Gasteiger partial charge in [0, 0.05) is 0 Å². The average Bonchev–Trinajstić information content (AvgIpc) is 2.16. The van der Waals surface area contributed by atoms with Crippen LogP contribution in [0.5, 0.6) is 0 Å². The molecule has 2 nitrogen and oxygen atoms in total. The Balaban J connectivity index is 2.79. The van der Waals surface area contributed by atoms with E-state index in [1.807, 2.05) is 0 Å². The summed E-state index contributed by atoms with van der Waals surface area (Å²) < 4.78 is 5.03. The molecule has 0 rings (SSSR count). The van der Waals surface area contributed by atoms with Crippen molar-refractivity contribution in [3.8, 4) is 0 Å². The second-order valence-electron chi connectivity index (χ2n) is 3.30. The fraction of sp³-hybridized carbons (Fsp3) is 0.818. The fourth-order valence-electron chi connectivity index (χ4n) is 1.30. The molecule has 0 spiro atoms. The van der Waals surface area contributed by atoms with Crippen LogP contribution in [-0.2, 0) is 4.74 Å². The Hall–Kier alpha value is -0.500. The van der Waals surface area contributed by atoms with Crippen LogP contribution >= 0.6 is 0 Å². The third-order valence-corrected chi connectivity index (χ3v) is 2.08. The van der Waals surface area contributed by atoms with E-state index >= 15 is 0 Å². The Morgan fingerprint density at radius 3 is 2.00 bits per heavy atom. The van der Waals surface area contributed by atoms with Crippen LogP contribution in [0.2, 0.25) is 0 Å². The molecule has 0 unspecified atom stereocenters. The van der Waals surface area contributed by atoms with E-state index in [1.165, 1.54) is 44.8 Å². The molecule has 2 N–H and O–H groups in total. The summed E-state index contributed by atoms with van der Waals surface area (Å²) in [4.78, 5) is 0. The highest BCUT2D eigenvalue weighted by Crippen LogP contribution is 2.06. The Morgan fingerprint density at radius 1 is 0.923 bits per heavy atom. The van der Waals surface area contributed by atoms with E-state index in [9.17, 15) is 0 Å². The molecule has 0 radical (unpaired) electrons. The minimum absolute atomic E-state index is 0.826. The van der Waals surface area contributed by atoms with Crippen molar-refractivity contribution < 1.29 is 4.74 Å². The van der Waals surface area contributed by atoms with E-state index in [0.717, 1.165) is 19.6 Å². The monoisotopic (exact) mass is 185 g/mol. The Morgan fingerprint density at radius 2 is 1.46 bits per heavy atom. The average molecular weight is 185 g/mol. The van der Waals surface area contributed by atoms with Gasteiger partial charge >= 0.3 is 0 Å². The lowest BCUT2D eigenvalue weighted by Gasteiger charge is -2.01. The van der Waals surface area contributed by atoms with Crippen LogP contribution in [0.4, 0.5) is 0 Å². The maximum absolute atomic E-state index is 5.40. The molecule has 0 saturated heterocycles. The molecule has 0 fully saturated rings. The van der Waals surface area contributed by atoms with E-state index in [0.29, 0.717) is 0 Å². The highest BCUT2D eigenvalue weighted by molar-refractivity contribution is 4.50. The van der Waals surface area contributed by atoms with Crippen LogP contribution in [0, 0.1) is 0 Å². The molecule has 0 saturated carbocycles. The van der Waals surface area contributed by atoms with Crippen LogP contribution in [0.15, 0.2) is 12.8 Å². The van der Waals surface area contributed by atoms with E-state index in [1.54, 1.807) is 0 Å². The van der Waals surface area contributed by atoms with Crippen molar-refractivity contribution in [2.45, 2.75) is 44.9 Å². The van der Waals surface area contributed by atoms with Gasteiger partial charge in [-0.2, -0.15) is 0 Å². The number of unbranched alkanes of at least 4 members (excludes halogenated alkanes) is 6. The third-order valence-electron chi connectivity index (χ3n) is 2.08. The van der Waals surface area contributed by atoms with Crippen molar-refractivity contribution in [1.29, 1.82) is 0 Å². The van der Waals surface area contributed by atoms with Gasteiger partial charge in [-0.15, -0.1) is 0 Å². The predicted molar refractivity (Wildman–Crippen MR) is 57.5 cm³/mol. The van der Waals surface area contributed by atoms with Crippen LogP contribution in [0.25, 0.3) is 0 Å². The first-order chi connectivity index (χ1) is 6.41. The highest BCUT2D eigenvalue weighted by Gasteiger charge is 1.90. The summed E-state index contributed by atoms with van der Waals surface area (Å²) in [6, 6.07) is 0. The van der Waals surface area contributed by atoms with Gasteiger partial charge in [0.25, 0.3) is 0 Å². The number of hydrogen-bond acceptors (Lipinski definition) is 2. The smallest absolute Gasteiger partial charge is 0.0873 e. The minimum atomic E-state index is 0.826. The van der Waals surface area contributed by atoms with Crippen molar-refractivity contribution in [3.63, 3.8) is 0 Å². The van der Waals surface area contributed by atoms with Crippen LogP contribution in [0.3, 0.4) is 0 Å². The van der Waals surface area contributed by atoms with Gasteiger partial charge in [-0.05, 0) is 19.4 Å². The second kappa shape index (κ2) is 11.5. The standard InChI is InChI=1S/C11H23NO/c1-2-13-11-9-7-5-3-4-6-8-10-12/h2H,1,3-12H2. The zero-order valence-electron chi connectivity index (χ0n) is 8.63. The van der Waals surface area contributed by atoms with E-state index in [2.05, 4.69) is 6.58 Å². The number of rotatable bonds is 10. The van der Waals surface area contributed by atoms with Crippen molar-refractivity contribution in [1.82, 2.24) is 0 Å². The SMILES string of the molecule is C=COCCCCCCCCCN. The van der Waals surface area contributed by atoms with Crippen molar-refractivity contribution in [2.24, 2.45) is 5.73 Å². The van der Waals surface area contributed by atoms with Crippen molar-refractivity contribution in [2.75, 3.05) is 13.2 Å². The van der Waals surface area contributed by atoms with Gasteiger partial charge in [-0.1, -0.05) is 38.7 Å². The number of hydrogen-bond donors (Lipinski definition) is 1. The molecule has 0 amide bonds. The predicted octanol–water partition coefficient (Wildman–Crippen LogP) is 2.84. The molecule has 0 aliphatic rings. The van der Waals surface area contributed by atoms with Gasteiger partial charge < -0.3 is 10.5 Å². The van der Waals surface area contributed by atoms with E-state index in [-0.39, 0.29) is 0 Å². The molecular formula is C11H23NO. The first-order valence-electron chi connectivity index (χ1n) is 5.34. The van der Waals surface area contributed by atoms with E-state index in [4.69, 9.17) is 10.5 Å². The molecular weight excluding hydrogens is 162 g/mol. The zero-order chi connectivity index (χ0) is 9.78. The summed E-state index contributed by atoms with van der Waals surface area (Å²) >= 11 is 0. The summed E-state index contributed by atoms with van der Waals surface area (Å²) in [5.74, 6) is 0. The lowest BCUT2D eigenvalue weighted by atomic mass is 10.1. The largest absolute Gasteiger partial charge is 0.502 e. The molecule has 0 aromatic rings. The fourth-order valence-corrected chi connectivity index (χ4v) is 1.30. The second-order valence-corrected chi connectivity index (χ2v) is 3.30. The van der Waals surface area contributed by atoms with Gasteiger partial charge in [0.05, 0.1) is 12.9 Å². The molecule has 0 atom stereocenters. The molecule has 0 bridgehead atoms. The van der Waals surface area contributed by atoms with Gasteiger partial charge in [-0.25, -0.2) is 0 Å². The number of ether oxygens (including phenoxy) is 1. The van der Waals surface area contributed by atoms with Gasteiger partial charge in [0.1, 0.15) is 0 Å². The lowest BCUT2D eigenvalue weighted by molar-refractivity contribution is 0.241. The van der Waals surface area contributed by atoms with Crippen LogP contribution in [0.1, 0.15) is 44.9 Å². The maximum atomic E-state index is 5.40. The zero-order valence-corrected chi connectivity index (χ0v) is 8.63. The van der Waals surface area contributed by atoms with E-state index < -0.39 is 0 Å². The first-order valence-corrected chi connectivity index (χ1v) is 5.34. The molecule has 0 heterocycles. The summed E-state index contributed by atoms with van der Waals surface area (Å²) in [6.07, 6.45) is 10.4. The topological polar surface area (TPSA) is 35.2 Å². The molecule has 78 valence electrons. The van der Waals surface area contributed by atoms with Gasteiger partial charge in [0.2, 0.25) is 0 Å². The molecule has 13 heavy (non-hydrogen) atoms. The summed E-state index contributed by atoms with van der Waals surface area (Å²) in [5.41, 5.74) is 5.40. The molecule has 0 aliphatic heterocycles. The van der Waals surface area contributed by atoms with Crippen LogP contribution < -0.4 is 5.73 Å². The first kappa shape index (κ1) is 12.5. The summed E-state index contributed by atoms with van der Waals surface area (Å²) in [6.45, 7) is 5.16. The summed E-state index contributed by atoms with van der Waals surface area (Å²) in [5, 5.41) is 0. The minimum Gasteiger partial charge on any atom is -0.502 e. The Bertz CT molecular complexity index is 104. The van der Waals surface area contributed by atoms with Crippen molar-refractivity contribution in [3.05, 3.63) is 12.8 Å². The number of nitrogens with two attached hydrogens (primary N) is 1. The van der Waals surface area contributed by atoms with Gasteiger partial charge in [0.15, 0.2) is 0 Å².